The number of nitrogens with zero attached hydrogens (tertiary/aromatic N) is 3. The van der Waals surface area contributed by atoms with Gasteiger partial charge in [-0.2, -0.15) is 0 Å². The summed E-state index contributed by atoms with van der Waals surface area (Å²) in [7, 11) is 0. The van der Waals surface area contributed by atoms with Crippen molar-refractivity contribution in [2.75, 3.05) is 13.1 Å². The fourth-order valence-electron chi connectivity index (χ4n) is 1.96. The number of hydrogen-bond acceptors (Lipinski definition) is 3. The predicted molar refractivity (Wildman–Crippen MR) is 74.1 cm³/mol. The number of carbonyl (C=O) groups is 2. The molecule has 1 heterocycles. The molecular weight excluding hydrogens is 258 g/mol. The van der Waals surface area contributed by atoms with E-state index in [2.05, 4.69) is 11.6 Å². The van der Waals surface area contributed by atoms with E-state index in [0.717, 1.165) is 11.0 Å². The Morgan fingerprint density at radius 3 is 2.85 bits per heavy atom. The molecule has 2 rings (SSSR count). The first-order valence-electron chi connectivity index (χ1n) is 6.12. The number of aromatic nitrogens is 2. The third kappa shape index (κ3) is 3.03. The summed E-state index contributed by atoms with van der Waals surface area (Å²) in [4.78, 5) is 28.3. The molecule has 6 nitrogen and oxygen atoms in total. The van der Waals surface area contributed by atoms with Crippen LogP contribution >= 0.6 is 0 Å². The van der Waals surface area contributed by atoms with Gasteiger partial charge in [-0.05, 0) is 12.1 Å². The summed E-state index contributed by atoms with van der Waals surface area (Å²) in [5.41, 5.74) is 1.64. The van der Waals surface area contributed by atoms with E-state index >= 15 is 0 Å². The van der Waals surface area contributed by atoms with E-state index in [0.29, 0.717) is 0 Å². The van der Waals surface area contributed by atoms with Crippen LogP contribution in [0.2, 0.25) is 0 Å². The van der Waals surface area contributed by atoms with Gasteiger partial charge in [0, 0.05) is 6.54 Å². The number of benzene rings is 1. The largest absolute Gasteiger partial charge is 0.480 e. The van der Waals surface area contributed by atoms with Crippen LogP contribution in [-0.2, 0) is 16.1 Å². The average molecular weight is 273 g/mol. The zero-order valence-electron chi connectivity index (χ0n) is 10.9. The topological polar surface area (TPSA) is 75.4 Å². The second-order valence-electron chi connectivity index (χ2n) is 4.32. The molecule has 0 bridgehead atoms. The van der Waals surface area contributed by atoms with E-state index in [-0.39, 0.29) is 25.5 Å². The lowest BCUT2D eigenvalue weighted by molar-refractivity contribution is -0.144. The van der Waals surface area contributed by atoms with Crippen LogP contribution in [0.3, 0.4) is 0 Å². The van der Waals surface area contributed by atoms with Crippen LogP contribution in [0.15, 0.2) is 43.2 Å². The van der Waals surface area contributed by atoms with Crippen LogP contribution in [0.4, 0.5) is 0 Å². The van der Waals surface area contributed by atoms with E-state index in [1.165, 1.54) is 11.0 Å². The maximum absolute atomic E-state index is 12.1. The van der Waals surface area contributed by atoms with Crippen LogP contribution in [0.25, 0.3) is 11.0 Å². The van der Waals surface area contributed by atoms with Gasteiger partial charge < -0.3 is 14.6 Å². The van der Waals surface area contributed by atoms with Crippen molar-refractivity contribution in [2.24, 2.45) is 0 Å². The molecule has 0 aliphatic carbocycles. The van der Waals surface area contributed by atoms with Gasteiger partial charge in [0.25, 0.3) is 0 Å². The Balaban J connectivity index is 2.16. The van der Waals surface area contributed by atoms with Crippen molar-refractivity contribution in [1.29, 1.82) is 0 Å². The molecule has 104 valence electrons. The first-order valence-corrected chi connectivity index (χ1v) is 6.12. The van der Waals surface area contributed by atoms with Gasteiger partial charge in [-0.3, -0.25) is 9.59 Å². The minimum Gasteiger partial charge on any atom is -0.480 e. The van der Waals surface area contributed by atoms with Gasteiger partial charge in [0.05, 0.1) is 17.4 Å². The maximum Gasteiger partial charge on any atom is 0.323 e. The summed E-state index contributed by atoms with van der Waals surface area (Å²) in [5, 5.41) is 8.81. The molecule has 1 amide bonds. The summed E-state index contributed by atoms with van der Waals surface area (Å²) in [6.45, 7) is 3.46. The monoisotopic (exact) mass is 273 g/mol. The van der Waals surface area contributed by atoms with Gasteiger partial charge in [-0.1, -0.05) is 18.2 Å². The first kappa shape index (κ1) is 13.8. The fourth-order valence-corrected chi connectivity index (χ4v) is 1.96. The first-order chi connectivity index (χ1) is 9.61. The van der Waals surface area contributed by atoms with E-state index < -0.39 is 5.97 Å². The highest BCUT2D eigenvalue weighted by Gasteiger charge is 2.16. The van der Waals surface area contributed by atoms with E-state index in [9.17, 15) is 9.59 Å². The number of fused-ring (bicyclic) bond motifs is 1. The molecule has 0 atom stereocenters. The molecule has 0 radical (unpaired) electrons. The molecule has 6 heteroatoms. The highest BCUT2D eigenvalue weighted by atomic mass is 16.4. The molecule has 0 aliphatic rings. The molecule has 20 heavy (non-hydrogen) atoms. The highest BCUT2D eigenvalue weighted by Crippen LogP contribution is 2.12. The second-order valence-corrected chi connectivity index (χ2v) is 4.32. The van der Waals surface area contributed by atoms with Crippen LogP contribution in [0, 0.1) is 0 Å². The summed E-state index contributed by atoms with van der Waals surface area (Å²) < 4.78 is 1.70. The third-order valence-corrected chi connectivity index (χ3v) is 2.86. The van der Waals surface area contributed by atoms with Gasteiger partial charge in [-0.15, -0.1) is 6.58 Å². The number of imidazole rings is 1. The van der Waals surface area contributed by atoms with Crippen molar-refractivity contribution < 1.29 is 14.7 Å². The van der Waals surface area contributed by atoms with Gasteiger partial charge in [0.15, 0.2) is 0 Å². The lowest BCUT2D eigenvalue weighted by Crippen LogP contribution is -2.37. The van der Waals surface area contributed by atoms with Gasteiger partial charge in [-0.25, -0.2) is 4.98 Å². The summed E-state index contributed by atoms with van der Waals surface area (Å²) >= 11 is 0. The normalized spacial score (nSPS) is 10.4. The standard InChI is InChI=1S/C14H15N3O3/c1-2-7-16(9-14(19)20)13(18)8-17-10-15-11-5-3-4-6-12(11)17/h2-6,10H,1,7-9H2,(H,19,20). The quantitative estimate of drug-likeness (QED) is 0.801. The van der Waals surface area contributed by atoms with Crippen molar-refractivity contribution in [3.05, 3.63) is 43.2 Å². The molecule has 0 saturated heterocycles. The molecule has 1 aromatic carbocycles. The fraction of sp³-hybridized carbons (Fsp3) is 0.214. The van der Waals surface area contributed by atoms with Crippen molar-refractivity contribution in [1.82, 2.24) is 14.5 Å². The Morgan fingerprint density at radius 2 is 2.15 bits per heavy atom. The number of amides is 1. The molecule has 0 saturated carbocycles. The Hall–Kier alpha value is -2.63. The number of aliphatic carboxylic acids is 1. The lowest BCUT2D eigenvalue weighted by atomic mass is 10.3. The Labute approximate surface area is 115 Å². The van der Waals surface area contributed by atoms with Gasteiger partial charge >= 0.3 is 5.97 Å². The minimum absolute atomic E-state index is 0.0572. The van der Waals surface area contributed by atoms with Crippen molar-refractivity contribution in [3.8, 4) is 0 Å². The van der Waals surface area contributed by atoms with Crippen LogP contribution in [-0.4, -0.2) is 44.5 Å². The predicted octanol–water partition coefficient (Wildman–Crippen LogP) is 1.14. The number of hydrogen-bond donors (Lipinski definition) is 1. The SMILES string of the molecule is C=CCN(CC(=O)O)C(=O)Cn1cnc2ccccc21. The van der Waals surface area contributed by atoms with Crippen LogP contribution < -0.4 is 0 Å². The Morgan fingerprint density at radius 1 is 1.40 bits per heavy atom. The summed E-state index contributed by atoms with van der Waals surface area (Å²) in [6, 6.07) is 7.46. The van der Waals surface area contributed by atoms with E-state index in [1.54, 1.807) is 10.9 Å². The Bertz CT molecular complexity index is 648. The van der Waals surface area contributed by atoms with Crippen molar-refractivity contribution >= 4 is 22.9 Å². The average Bonchev–Trinajstić information content (AvgIpc) is 2.81. The Kier molecular flexibility index (Phi) is 4.14. The van der Waals surface area contributed by atoms with E-state index in [4.69, 9.17) is 5.11 Å². The van der Waals surface area contributed by atoms with Gasteiger partial charge in [0.1, 0.15) is 13.1 Å². The summed E-state index contributed by atoms with van der Waals surface area (Å²) in [5.74, 6) is -1.33. The number of carboxylic acid groups (broad SMARTS) is 1. The number of para-hydroxylation sites is 2. The lowest BCUT2D eigenvalue weighted by Gasteiger charge is -2.19. The molecule has 0 spiro atoms. The van der Waals surface area contributed by atoms with Gasteiger partial charge in [0.2, 0.25) is 5.91 Å². The molecular formula is C14H15N3O3. The molecule has 1 aromatic heterocycles. The number of carboxylic acids is 1. The molecule has 2 aromatic rings. The summed E-state index contributed by atoms with van der Waals surface area (Å²) in [6.07, 6.45) is 3.09. The van der Waals surface area contributed by atoms with E-state index in [1.807, 2.05) is 24.3 Å². The second kappa shape index (κ2) is 6.01. The maximum atomic E-state index is 12.1. The zero-order valence-corrected chi connectivity index (χ0v) is 10.9. The molecule has 0 fully saturated rings. The smallest absolute Gasteiger partial charge is 0.323 e. The molecule has 0 aliphatic heterocycles. The molecule has 1 N–H and O–H groups in total. The molecule has 0 unspecified atom stereocenters. The number of carbonyl (C=O) groups excluding carboxylic acids is 1. The zero-order chi connectivity index (χ0) is 14.5. The van der Waals surface area contributed by atoms with Crippen molar-refractivity contribution in [3.63, 3.8) is 0 Å². The number of rotatable bonds is 6. The third-order valence-electron chi connectivity index (χ3n) is 2.86. The van der Waals surface area contributed by atoms with Crippen LogP contribution in [0.5, 0.6) is 0 Å². The minimum atomic E-state index is -1.05. The highest BCUT2D eigenvalue weighted by molar-refractivity contribution is 5.83. The van der Waals surface area contributed by atoms with Crippen LogP contribution in [0.1, 0.15) is 0 Å². The van der Waals surface area contributed by atoms with Crippen molar-refractivity contribution in [2.45, 2.75) is 6.54 Å².